The number of hydrogen-bond donors (Lipinski definition) is 0. The van der Waals surface area contributed by atoms with E-state index in [0.29, 0.717) is 5.69 Å². The zero-order chi connectivity index (χ0) is 12.3. The van der Waals surface area contributed by atoms with Gasteiger partial charge in [0.05, 0.1) is 11.6 Å². The molecule has 6 heteroatoms. The Bertz CT molecular complexity index is 519. The van der Waals surface area contributed by atoms with Crippen LogP contribution in [0.3, 0.4) is 0 Å². The van der Waals surface area contributed by atoms with Crippen molar-refractivity contribution in [3.63, 3.8) is 0 Å². The summed E-state index contributed by atoms with van der Waals surface area (Å²) in [5.74, 6) is -1.23. The van der Waals surface area contributed by atoms with Gasteiger partial charge in [-0.1, -0.05) is 0 Å². The normalized spacial score (nSPS) is 10.3. The van der Waals surface area contributed by atoms with Crippen LogP contribution in [0.4, 0.5) is 8.78 Å². The highest BCUT2D eigenvalue weighted by molar-refractivity contribution is 6.16. The van der Waals surface area contributed by atoms with E-state index in [0.717, 1.165) is 12.1 Å². The van der Waals surface area contributed by atoms with Crippen molar-refractivity contribution >= 4 is 11.6 Å². The summed E-state index contributed by atoms with van der Waals surface area (Å²) >= 11 is 5.54. The molecule has 0 fully saturated rings. The minimum Gasteiger partial charge on any atom is -0.434 e. The Labute approximate surface area is 101 Å². The Morgan fingerprint density at radius 3 is 2.53 bits per heavy atom. The second kappa shape index (κ2) is 5.05. The molecule has 1 aromatic carbocycles. The number of hydrogen-bond acceptors (Lipinski definition) is 3. The average Bonchev–Trinajstić information content (AvgIpc) is 2.34. The molecule has 1 heterocycles. The third kappa shape index (κ3) is 2.88. The smallest absolute Gasteiger partial charge is 0.239 e. The van der Waals surface area contributed by atoms with Crippen LogP contribution in [0.15, 0.2) is 30.3 Å². The first-order chi connectivity index (χ1) is 8.19. The van der Waals surface area contributed by atoms with Crippen LogP contribution in [0, 0.1) is 11.6 Å². The lowest BCUT2D eigenvalue weighted by Gasteiger charge is -2.05. The SMILES string of the molecule is Fc1ccc(Oc2ccc(CCl)nn2)c(F)c1. The first-order valence-corrected chi connectivity index (χ1v) is 5.24. The fraction of sp³-hybridized carbons (Fsp3) is 0.0909. The maximum Gasteiger partial charge on any atom is 0.239 e. The van der Waals surface area contributed by atoms with Crippen LogP contribution in [0.25, 0.3) is 0 Å². The largest absolute Gasteiger partial charge is 0.434 e. The molecule has 0 N–H and O–H groups in total. The number of nitrogens with zero attached hydrogens (tertiary/aromatic N) is 2. The first kappa shape index (κ1) is 11.7. The van der Waals surface area contributed by atoms with Crippen LogP contribution in [0.2, 0.25) is 0 Å². The number of alkyl halides is 1. The molecule has 1 aromatic heterocycles. The van der Waals surface area contributed by atoms with E-state index in [9.17, 15) is 8.78 Å². The number of ether oxygens (including phenoxy) is 1. The summed E-state index contributed by atoms with van der Waals surface area (Å²) in [6, 6.07) is 6.13. The summed E-state index contributed by atoms with van der Waals surface area (Å²) in [4.78, 5) is 0. The van der Waals surface area contributed by atoms with Crippen LogP contribution in [0.1, 0.15) is 5.69 Å². The maximum absolute atomic E-state index is 13.2. The molecule has 0 radical (unpaired) electrons. The van der Waals surface area contributed by atoms with Crippen molar-refractivity contribution in [2.45, 2.75) is 5.88 Å². The van der Waals surface area contributed by atoms with E-state index >= 15 is 0 Å². The van der Waals surface area contributed by atoms with Crippen molar-refractivity contribution < 1.29 is 13.5 Å². The summed E-state index contributed by atoms with van der Waals surface area (Å²) < 4.78 is 31.0. The van der Waals surface area contributed by atoms with E-state index in [1.165, 1.54) is 12.1 Å². The summed E-state index contributed by atoms with van der Waals surface area (Å²) in [6.45, 7) is 0. The van der Waals surface area contributed by atoms with Gasteiger partial charge in [0.1, 0.15) is 5.82 Å². The van der Waals surface area contributed by atoms with Gasteiger partial charge < -0.3 is 4.74 Å². The van der Waals surface area contributed by atoms with Crippen molar-refractivity contribution in [1.82, 2.24) is 10.2 Å². The van der Waals surface area contributed by atoms with Gasteiger partial charge in [-0.15, -0.1) is 16.7 Å². The Kier molecular flexibility index (Phi) is 3.49. The van der Waals surface area contributed by atoms with Gasteiger partial charge in [0, 0.05) is 12.1 Å². The Balaban J connectivity index is 2.19. The predicted molar refractivity (Wildman–Crippen MR) is 58.0 cm³/mol. The van der Waals surface area contributed by atoms with Crippen LogP contribution in [-0.4, -0.2) is 10.2 Å². The quantitative estimate of drug-likeness (QED) is 0.791. The fourth-order valence-electron chi connectivity index (χ4n) is 1.14. The topological polar surface area (TPSA) is 35.0 Å². The Morgan fingerprint density at radius 1 is 1.12 bits per heavy atom. The van der Waals surface area contributed by atoms with Gasteiger partial charge in [0.15, 0.2) is 11.6 Å². The number of aromatic nitrogens is 2. The molecule has 0 bridgehead atoms. The molecule has 0 aliphatic heterocycles. The van der Waals surface area contributed by atoms with Crippen LogP contribution in [0.5, 0.6) is 11.6 Å². The minimum atomic E-state index is -0.798. The number of rotatable bonds is 3. The van der Waals surface area contributed by atoms with Crippen LogP contribution >= 0.6 is 11.6 Å². The van der Waals surface area contributed by atoms with Gasteiger partial charge in [0.2, 0.25) is 5.88 Å². The molecule has 0 amide bonds. The second-order valence-electron chi connectivity index (χ2n) is 3.17. The van der Waals surface area contributed by atoms with Crippen LogP contribution in [-0.2, 0) is 5.88 Å². The summed E-state index contributed by atoms with van der Waals surface area (Å²) in [6.07, 6.45) is 0. The molecule has 0 saturated heterocycles. The maximum atomic E-state index is 13.2. The molecule has 3 nitrogen and oxygen atoms in total. The lowest BCUT2D eigenvalue weighted by atomic mass is 10.3. The van der Waals surface area contributed by atoms with E-state index in [-0.39, 0.29) is 17.5 Å². The van der Waals surface area contributed by atoms with Crippen molar-refractivity contribution in [1.29, 1.82) is 0 Å². The third-order valence-corrected chi connectivity index (χ3v) is 2.21. The first-order valence-electron chi connectivity index (χ1n) is 4.70. The lowest BCUT2D eigenvalue weighted by Crippen LogP contribution is -1.95. The summed E-state index contributed by atoms with van der Waals surface area (Å²) in [5.41, 5.74) is 0.582. The zero-order valence-electron chi connectivity index (χ0n) is 8.53. The van der Waals surface area contributed by atoms with E-state index in [2.05, 4.69) is 10.2 Å². The van der Waals surface area contributed by atoms with E-state index < -0.39 is 11.6 Å². The van der Waals surface area contributed by atoms with Crippen LogP contribution < -0.4 is 4.74 Å². The van der Waals surface area contributed by atoms with Gasteiger partial charge in [-0.2, -0.15) is 5.10 Å². The van der Waals surface area contributed by atoms with E-state index in [4.69, 9.17) is 16.3 Å². The van der Waals surface area contributed by atoms with Gasteiger partial charge >= 0.3 is 0 Å². The molecule has 0 aliphatic rings. The molecule has 2 aromatic rings. The molecular weight excluding hydrogens is 250 g/mol. The standard InChI is InChI=1S/C11H7ClF2N2O/c12-6-8-2-4-11(16-15-8)17-10-3-1-7(13)5-9(10)14/h1-5H,6H2. The molecule has 0 spiro atoms. The second-order valence-corrected chi connectivity index (χ2v) is 3.44. The van der Waals surface area contributed by atoms with E-state index in [1.54, 1.807) is 6.07 Å². The van der Waals surface area contributed by atoms with Gasteiger partial charge in [0.25, 0.3) is 0 Å². The highest BCUT2D eigenvalue weighted by atomic mass is 35.5. The number of halogens is 3. The summed E-state index contributed by atoms with van der Waals surface area (Å²) in [7, 11) is 0. The predicted octanol–water partition coefficient (Wildman–Crippen LogP) is 3.29. The molecule has 0 unspecified atom stereocenters. The molecule has 0 atom stereocenters. The molecule has 0 saturated carbocycles. The van der Waals surface area contributed by atoms with Crippen molar-refractivity contribution in [3.8, 4) is 11.6 Å². The van der Waals surface area contributed by atoms with Gasteiger partial charge in [-0.05, 0) is 18.2 Å². The zero-order valence-corrected chi connectivity index (χ0v) is 9.29. The van der Waals surface area contributed by atoms with Crippen molar-refractivity contribution in [2.24, 2.45) is 0 Å². The van der Waals surface area contributed by atoms with Gasteiger partial charge in [-0.25, -0.2) is 8.78 Å². The molecule has 17 heavy (non-hydrogen) atoms. The molecule has 0 aliphatic carbocycles. The molecule has 2 rings (SSSR count). The molecule has 88 valence electrons. The van der Waals surface area contributed by atoms with E-state index in [1.807, 2.05) is 0 Å². The fourth-order valence-corrected chi connectivity index (χ4v) is 1.29. The summed E-state index contributed by atoms with van der Waals surface area (Å²) in [5, 5.41) is 7.43. The Morgan fingerprint density at radius 2 is 1.94 bits per heavy atom. The Hall–Kier alpha value is -1.75. The number of benzene rings is 1. The highest BCUT2D eigenvalue weighted by Crippen LogP contribution is 2.23. The minimum absolute atomic E-state index is 0.112. The third-order valence-electron chi connectivity index (χ3n) is 1.94. The lowest BCUT2D eigenvalue weighted by molar-refractivity contribution is 0.418. The molecular formula is C11H7ClF2N2O. The van der Waals surface area contributed by atoms with Crippen molar-refractivity contribution in [3.05, 3.63) is 47.7 Å². The monoisotopic (exact) mass is 256 g/mol. The average molecular weight is 257 g/mol. The highest BCUT2D eigenvalue weighted by Gasteiger charge is 2.07. The van der Waals surface area contributed by atoms with Crippen molar-refractivity contribution in [2.75, 3.05) is 0 Å². The van der Waals surface area contributed by atoms with Gasteiger partial charge in [-0.3, -0.25) is 0 Å².